The first-order valence-electron chi connectivity index (χ1n) is 9.48. The molecule has 0 spiro atoms. The Morgan fingerprint density at radius 1 is 0.931 bits per heavy atom. The van der Waals surface area contributed by atoms with Crippen molar-refractivity contribution in [1.82, 2.24) is 0 Å². The van der Waals surface area contributed by atoms with Crippen molar-refractivity contribution in [2.45, 2.75) is 44.9 Å². The predicted octanol–water partition coefficient (Wildman–Crippen LogP) is 2.42. The Balaban J connectivity index is 2.65. The van der Waals surface area contributed by atoms with Crippen molar-refractivity contribution in [3.63, 3.8) is 0 Å². The van der Waals surface area contributed by atoms with E-state index in [0.717, 1.165) is 43.1 Å². The van der Waals surface area contributed by atoms with Crippen LogP contribution in [0.15, 0.2) is 18.2 Å². The summed E-state index contributed by atoms with van der Waals surface area (Å²) in [5, 5.41) is 0. The fourth-order valence-corrected chi connectivity index (χ4v) is 3.19. The predicted molar refractivity (Wildman–Crippen MR) is 107 cm³/mol. The Hall–Kier alpha value is -2.13. The first-order valence-corrected chi connectivity index (χ1v) is 11.3. The summed E-state index contributed by atoms with van der Waals surface area (Å²) in [5.41, 5.74) is 1.92. The van der Waals surface area contributed by atoms with Crippen molar-refractivity contribution in [3.8, 4) is 5.75 Å². The highest BCUT2D eigenvalue weighted by atomic mass is 32.2. The van der Waals surface area contributed by atoms with Gasteiger partial charge in [0.05, 0.1) is 27.1 Å². The molecule has 0 radical (unpaired) electrons. The average molecular weight is 431 g/mol. The Morgan fingerprint density at radius 2 is 1.62 bits per heavy atom. The fraction of sp³-hybridized carbons (Fsp3) is 0.600. The van der Waals surface area contributed by atoms with Crippen LogP contribution < -0.4 is 4.74 Å². The van der Waals surface area contributed by atoms with Crippen LogP contribution in [0.4, 0.5) is 0 Å². The van der Waals surface area contributed by atoms with Crippen molar-refractivity contribution in [1.29, 1.82) is 0 Å². The summed E-state index contributed by atoms with van der Waals surface area (Å²) < 4.78 is 41.5. The molecule has 0 bridgehead atoms. The van der Waals surface area contributed by atoms with E-state index in [1.165, 1.54) is 14.2 Å². The third-order valence-corrected chi connectivity index (χ3v) is 4.84. The van der Waals surface area contributed by atoms with E-state index in [2.05, 4.69) is 4.74 Å². The third-order valence-electron chi connectivity index (χ3n) is 4.25. The second kappa shape index (κ2) is 13.2. The van der Waals surface area contributed by atoms with Crippen molar-refractivity contribution in [2.24, 2.45) is 0 Å². The molecule has 1 aromatic rings. The summed E-state index contributed by atoms with van der Waals surface area (Å²) in [5.74, 6) is -0.242. The fourth-order valence-electron chi connectivity index (χ4n) is 2.77. The molecule has 0 aliphatic heterocycles. The average Bonchev–Trinajstić information content (AvgIpc) is 2.69. The van der Waals surface area contributed by atoms with Crippen LogP contribution in [0.1, 0.15) is 43.2 Å². The standard InChI is InChI=1S/C20H30O8S/c1-25-19(21)13-12-17-16(9-6-4-5-7-14-28-29(3,23)24)10-8-11-18(17)27-15-20(22)26-2/h8,10-11H,4-7,9,12-15H2,1-3H3. The first-order chi connectivity index (χ1) is 13.8. The molecular weight excluding hydrogens is 400 g/mol. The molecule has 0 unspecified atom stereocenters. The van der Waals surface area contributed by atoms with Gasteiger partial charge in [-0.1, -0.05) is 25.0 Å². The third kappa shape index (κ3) is 10.8. The molecule has 0 aliphatic rings. The smallest absolute Gasteiger partial charge is 0.343 e. The van der Waals surface area contributed by atoms with Gasteiger partial charge in [0.15, 0.2) is 6.61 Å². The molecular formula is C20H30O8S. The SMILES string of the molecule is COC(=O)CCc1c(CCCCCCOS(C)(=O)=O)cccc1OCC(=O)OC. The molecule has 0 heterocycles. The van der Waals surface area contributed by atoms with Crippen LogP contribution in [-0.2, 0) is 46.2 Å². The minimum atomic E-state index is -3.38. The van der Waals surface area contributed by atoms with Gasteiger partial charge in [0.25, 0.3) is 10.1 Å². The lowest BCUT2D eigenvalue weighted by Gasteiger charge is -2.15. The van der Waals surface area contributed by atoms with Crippen molar-refractivity contribution in [2.75, 3.05) is 33.7 Å². The summed E-state index contributed by atoms with van der Waals surface area (Å²) in [6.07, 6.45) is 5.81. The normalized spacial score (nSPS) is 11.1. The number of rotatable bonds is 14. The number of methoxy groups -OCH3 is 2. The molecule has 8 nitrogen and oxygen atoms in total. The zero-order chi connectivity index (χ0) is 21.7. The lowest BCUT2D eigenvalue weighted by Crippen LogP contribution is -2.14. The van der Waals surface area contributed by atoms with Crippen LogP contribution in [0.25, 0.3) is 0 Å². The van der Waals surface area contributed by atoms with E-state index in [1.807, 2.05) is 12.1 Å². The second-order valence-electron chi connectivity index (χ2n) is 6.53. The summed E-state index contributed by atoms with van der Waals surface area (Å²) in [6.45, 7) is -0.00835. The lowest BCUT2D eigenvalue weighted by atomic mass is 9.97. The monoisotopic (exact) mass is 430 g/mol. The molecule has 9 heteroatoms. The van der Waals surface area contributed by atoms with Crippen molar-refractivity contribution in [3.05, 3.63) is 29.3 Å². The van der Waals surface area contributed by atoms with E-state index in [-0.39, 0.29) is 25.6 Å². The number of esters is 2. The highest BCUT2D eigenvalue weighted by Crippen LogP contribution is 2.26. The number of ether oxygens (including phenoxy) is 3. The number of carbonyl (C=O) groups excluding carboxylic acids is 2. The number of hydrogen-bond acceptors (Lipinski definition) is 8. The maximum atomic E-state index is 11.6. The Kier molecular flexibility index (Phi) is 11.3. The Labute approximate surface area is 172 Å². The van der Waals surface area contributed by atoms with Crippen LogP contribution in [0.3, 0.4) is 0 Å². The second-order valence-corrected chi connectivity index (χ2v) is 8.17. The Bertz CT molecular complexity index is 758. The molecule has 0 fully saturated rings. The van der Waals surface area contributed by atoms with Crippen molar-refractivity contribution >= 4 is 22.1 Å². The first kappa shape index (κ1) is 24.9. The van der Waals surface area contributed by atoms with Crippen LogP contribution in [0.2, 0.25) is 0 Å². The van der Waals surface area contributed by atoms with Gasteiger partial charge < -0.3 is 14.2 Å². The summed E-state index contributed by atoms with van der Waals surface area (Å²) in [7, 11) is -0.748. The summed E-state index contributed by atoms with van der Waals surface area (Å²) in [6, 6.07) is 5.59. The van der Waals surface area contributed by atoms with Crippen LogP contribution in [0, 0.1) is 0 Å². The number of unbranched alkanes of at least 4 members (excludes halogenated alkanes) is 3. The quantitative estimate of drug-likeness (QED) is 0.252. The van der Waals surface area contributed by atoms with E-state index >= 15 is 0 Å². The van der Waals surface area contributed by atoms with Crippen LogP contribution in [-0.4, -0.2) is 54.0 Å². The zero-order valence-corrected chi connectivity index (χ0v) is 18.1. The van der Waals surface area contributed by atoms with Crippen molar-refractivity contribution < 1.29 is 36.4 Å². The minimum absolute atomic E-state index is 0.195. The molecule has 0 atom stereocenters. The topological polar surface area (TPSA) is 105 Å². The van der Waals surface area contributed by atoms with Gasteiger partial charge in [-0.15, -0.1) is 0 Å². The van der Waals surface area contributed by atoms with Gasteiger partial charge in [-0.05, 0) is 42.9 Å². The minimum Gasteiger partial charge on any atom is -0.482 e. The molecule has 164 valence electrons. The molecule has 0 aromatic heterocycles. The summed E-state index contributed by atoms with van der Waals surface area (Å²) >= 11 is 0. The van der Waals surface area contributed by atoms with E-state index in [0.29, 0.717) is 18.6 Å². The van der Waals surface area contributed by atoms with Crippen LogP contribution >= 0.6 is 0 Å². The zero-order valence-electron chi connectivity index (χ0n) is 17.3. The number of hydrogen-bond donors (Lipinski definition) is 0. The lowest BCUT2D eigenvalue weighted by molar-refractivity contribution is -0.143. The van der Waals surface area contributed by atoms with E-state index < -0.39 is 16.1 Å². The molecule has 1 aromatic carbocycles. The highest BCUT2D eigenvalue weighted by Gasteiger charge is 2.13. The largest absolute Gasteiger partial charge is 0.482 e. The van der Waals surface area contributed by atoms with Gasteiger partial charge in [0, 0.05) is 6.42 Å². The number of carbonyl (C=O) groups is 2. The number of aryl methyl sites for hydroxylation is 1. The summed E-state index contributed by atoms with van der Waals surface area (Å²) in [4.78, 5) is 22.9. The van der Waals surface area contributed by atoms with Crippen LogP contribution in [0.5, 0.6) is 5.75 Å². The van der Waals surface area contributed by atoms with E-state index in [9.17, 15) is 18.0 Å². The van der Waals surface area contributed by atoms with Gasteiger partial charge in [-0.3, -0.25) is 8.98 Å². The van der Waals surface area contributed by atoms with Gasteiger partial charge in [-0.2, -0.15) is 8.42 Å². The molecule has 1 rings (SSSR count). The molecule has 0 saturated heterocycles. The number of benzene rings is 1. The maximum absolute atomic E-state index is 11.6. The molecule has 29 heavy (non-hydrogen) atoms. The molecule has 0 amide bonds. The van der Waals surface area contributed by atoms with Gasteiger partial charge >= 0.3 is 11.9 Å². The highest BCUT2D eigenvalue weighted by molar-refractivity contribution is 7.85. The van der Waals surface area contributed by atoms with Gasteiger partial charge in [0.2, 0.25) is 0 Å². The Morgan fingerprint density at radius 3 is 2.28 bits per heavy atom. The molecule has 0 aliphatic carbocycles. The van der Waals surface area contributed by atoms with E-state index in [4.69, 9.17) is 13.7 Å². The van der Waals surface area contributed by atoms with Gasteiger partial charge in [-0.25, -0.2) is 4.79 Å². The van der Waals surface area contributed by atoms with E-state index in [1.54, 1.807) is 6.07 Å². The molecule has 0 N–H and O–H groups in total. The van der Waals surface area contributed by atoms with Gasteiger partial charge in [0.1, 0.15) is 5.75 Å². The molecule has 0 saturated carbocycles. The maximum Gasteiger partial charge on any atom is 0.343 e.